The first-order valence-electron chi connectivity index (χ1n) is 4.93. The molecule has 0 aliphatic carbocycles. The van der Waals surface area contributed by atoms with Crippen molar-refractivity contribution in [3.8, 4) is 0 Å². The first-order valence-corrected chi connectivity index (χ1v) is 5.45. The van der Waals surface area contributed by atoms with Crippen LogP contribution in [0.4, 0.5) is 0 Å². The van der Waals surface area contributed by atoms with Crippen LogP contribution in [-0.4, -0.2) is 47.4 Å². The van der Waals surface area contributed by atoms with Gasteiger partial charge in [-0.25, -0.2) is 0 Å². The Balaban J connectivity index is 1.92. The molecule has 2 fully saturated rings. The second-order valence-corrected chi connectivity index (χ2v) is 4.71. The highest BCUT2D eigenvalue weighted by Gasteiger charge is 2.31. The van der Waals surface area contributed by atoms with Crippen LogP contribution in [0.25, 0.3) is 0 Å². The molecule has 2 atom stereocenters. The number of fused-ring (bicyclic) bond motifs is 1. The van der Waals surface area contributed by atoms with Gasteiger partial charge in [0, 0.05) is 31.0 Å². The molecule has 2 heterocycles. The van der Waals surface area contributed by atoms with Crippen LogP contribution >= 0.6 is 12.6 Å². The third kappa shape index (κ3) is 1.63. The Kier molecular flexibility index (Phi) is 2.63. The van der Waals surface area contributed by atoms with Crippen molar-refractivity contribution >= 4 is 12.6 Å². The fraction of sp³-hybridized carbons (Fsp3) is 1.00. The summed E-state index contributed by atoms with van der Waals surface area (Å²) in [6.45, 7) is 7.22. The number of piperazine rings is 1. The Morgan fingerprint density at radius 1 is 1.33 bits per heavy atom. The third-order valence-electron chi connectivity index (χ3n) is 3.15. The van der Waals surface area contributed by atoms with Crippen LogP contribution in [0.5, 0.6) is 0 Å². The second kappa shape index (κ2) is 3.56. The van der Waals surface area contributed by atoms with Gasteiger partial charge in [-0.2, -0.15) is 12.6 Å². The lowest BCUT2D eigenvalue weighted by molar-refractivity contribution is 0.101. The maximum atomic E-state index is 4.48. The van der Waals surface area contributed by atoms with Gasteiger partial charge < -0.3 is 0 Å². The molecule has 2 aliphatic heterocycles. The van der Waals surface area contributed by atoms with Crippen LogP contribution in [0.2, 0.25) is 0 Å². The summed E-state index contributed by atoms with van der Waals surface area (Å²) in [5.41, 5.74) is 0. The normalized spacial score (nSPS) is 35.0. The first kappa shape index (κ1) is 8.85. The number of hydrogen-bond donors (Lipinski definition) is 1. The molecule has 2 rings (SSSR count). The largest absolute Gasteiger partial charge is 0.298 e. The van der Waals surface area contributed by atoms with Crippen molar-refractivity contribution in [2.45, 2.75) is 31.2 Å². The number of thiol groups is 1. The van der Waals surface area contributed by atoms with Gasteiger partial charge in [0.05, 0.1) is 0 Å². The maximum absolute atomic E-state index is 4.48. The lowest BCUT2D eigenvalue weighted by Gasteiger charge is -2.39. The van der Waals surface area contributed by atoms with Gasteiger partial charge in [0.25, 0.3) is 0 Å². The van der Waals surface area contributed by atoms with E-state index in [-0.39, 0.29) is 0 Å². The van der Waals surface area contributed by atoms with Crippen LogP contribution in [0.15, 0.2) is 0 Å². The molecule has 0 N–H and O–H groups in total. The predicted molar refractivity (Wildman–Crippen MR) is 54.6 cm³/mol. The van der Waals surface area contributed by atoms with Crippen LogP contribution in [0, 0.1) is 0 Å². The number of rotatable bonds is 1. The van der Waals surface area contributed by atoms with E-state index in [1.165, 1.54) is 39.0 Å². The van der Waals surface area contributed by atoms with E-state index in [4.69, 9.17) is 0 Å². The van der Waals surface area contributed by atoms with Crippen molar-refractivity contribution in [2.24, 2.45) is 0 Å². The second-order valence-electron chi connectivity index (χ2n) is 3.96. The molecular weight excluding hydrogens is 168 g/mol. The van der Waals surface area contributed by atoms with Crippen molar-refractivity contribution in [2.75, 3.05) is 26.2 Å². The van der Waals surface area contributed by atoms with E-state index >= 15 is 0 Å². The van der Waals surface area contributed by atoms with Crippen LogP contribution < -0.4 is 0 Å². The molecule has 3 heteroatoms. The molecule has 0 radical (unpaired) electrons. The van der Waals surface area contributed by atoms with E-state index in [1.807, 2.05) is 0 Å². The molecule has 2 nitrogen and oxygen atoms in total. The number of nitrogens with zero attached hydrogens (tertiary/aromatic N) is 2. The summed E-state index contributed by atoms with van der Waals surface area (Å²) < 4.78 is 0. The zero-order valence-corrected chi connectivity index (χ0v) is 8.63. The van der Waals surface area contributed by atoms with E-state index < -0.39 is 0 Å². The van der Waals surface area contributed by atoms with Crippen molar-refractivity contribution in [1.29, 1.82) is 0 Å². The lowest BCUT2D eigenvalue weighted by Crippen LogP contribution is -2.51. The minimum atomic E-state index is 0.438. The first-order chi connectivity index (χ1) is 5.77. The van der Waals surface area contributed by atoms with Crippen LogP contribution in [0.1, 0.15) is 19.8 Å². The van der Waals surface area contributed by atoms with E-state index in [9.17, 15) is 0 Å². The average Bonchev–Trinajstić information content (AvgIpc) is 2.49. The molecule has 0 saturated carbocycles. The van der Waals surface area contributed by atoms with Gasteiger partial charge >= 0.3 is 0 Å². The van der Waals surface area contributed by atoms with Gasteiger partial charge in [-0.1, -0.05) is 0 Å². The van der Waals surface area contributed by atoms with Crippen molar-refractivity contribution in [1.82, 2.24) is 9.80 Å². The van der Waals surface area contributed by atoms with Gasteiger partial charge in [-0.15, -0.1) is 0 Å². The highest BCUT2D eigenvalue weighted by atomic mass is 32.1. The molecular formula is C9H18N2S. The molecule has 2 saturated heterocycles. The van der Waals surface area contributed by atoms with Crippen LogP contribution in [-0.2, 0) is 0 Å². The molecule has 2 unspecified atom stereocenters. The molecule has 0 bridgehead atoms. The zero-order valence-electron chi connectivity index (χ0n) is 7.74. The molecule has 0 aromatic carbocycles. The Bertz CT molecular complexity index is 161. The Morgan fingerprint density at radius 2 is 2.17 bits per heavy atom. The van der Waals surface area contributed by atoms with E-state index in [0.717, 1.165) is 6.04 Å². The monoisotopic (exact) mass is 186 g/mol. The smallest absolute Gasteiger partial charge is 0.0500 e. The molecule has 70 valence electrons. The summed E-state index contributed by atoms with van der Waals surface area (Å²) in [5.74, 6) is 0. The van der Waals surface area contributed by atoms with E-state index in [2.05, 4.69) is 29.4 Å². The van der Waals surface area contributed by atoms with Gasteiger partial charge in [-0.05, 0) is 26.3 Å². The van der Waals surface area contributed by atoms with Crippen molar-refractivity contribution < 1.29 is 0 Å². The molecule has 12 heavy (non-hydrogen) atoms. The summed E-state index contributed by atoms with van der Waals surface area (Å²) >= 11 is 4.48. The van der Waals surface area contributed by atoms with Crippen LogP contribution in [0.3, 0.4) is 0 Å². The third-order valence-corrected chi connectivity index (χ3v) is 3.47. The Morgan fingerprint density at radius 3 is 2.92 bits per heavy atom. The minimum absolute atomic E-state index is 0.438. The topological polar surface area (TPSA) is 6.48 Å². The van der Waals surface area contributed by atoms with Gasteiger partial charge in [0.1, 0.15) is 0 Å². The van der Waals surface area contributed by atoms with Gasteiger partial charge in [0.15, 0.2) is 0 Å². The van der Waals surface area contributed by atoms with Crippen molar-refractivity contribution in [3.63, 3.8) is 0 Å². The molecule has 0 aromatic heterocycles. The van der Waals surface area contributed by atoms with E-state index in [0.29, 0.717) is 5.37 Å². The van der Waals surface area contributed by atoms with Gasteiger partial charge in [-0.3, -0.25) is 9.80 Å². The Hall–Kier alpha value is 0.270. The molecule has 0 aromatic rings. The summed E-state index contributed by atoms with van der Waals surface area (Å²) in [7, 11) is 0. The highest BCUT2D eigenvalue weighted by molar-refractivity contribution is 7.80. The summed E-state index contributed by atoms with van der Waals surface area (Å²) in [6.07, 6.45) is 2.80. The zero-order chi connectivity index (χ0) is 8.55. The SMILES string of the molecule is CC(S)N1CCN2CCCC2C1. The standard InChI is InChI=1S/C9H18N2S/c1-8(12)11-6-5-10-4-2-3-9(10)7-11/h8-9,12H,2-7H2,1H3. The summed E-state index contributed by atoms with van der Waals surface area (Å²) in [5, 5.41) is 0.438. The lowest BCUT2D eigenvalue weighted by atomic mass is 10.1. The molecule has 0 amide bonds. The summed E-state index contributed by atoms with van der Waals surface area (Å²) in [6, 6.07) is 0.841. The minimum Gasteiger partial charge on any atom is -0.298 e. The quantitative estimate of drug-likeness (QED) is 0.611. The summed E-state index contributed by atoms with van der Waals surface area (Å²) in [4.78, 5) is 5.11. The van der Waals surface area contributed by atoms with Gasteiger partial charge in [0.2, 0.25) is 0 Å². The average molecular weight is 186 g/mol. The molecule has 0 spiro atoms. The fourth-order valence-electron chi connectivity index (χ4n) is 2.35. The van der Waals surface area contributed by atoms with Crippen molar-refractivity contribution in [3.05, 3.63) is 0 Å². The van der Waals surface area contributed by atoms with E-state index in [1.54, 1.807) is 0 Å². The predicted octanol–water partition coefficient (Wildman–Crippen LogP) is 1.04. The number of hydrogen-bond acceptors (Lipinski definition) is 3. The Labute approximate surface area is 80.3 Å². The fourth-order valence-corrected chi connectivity index (χ4v) is 2.56. The molecule has 2 aliphatic rings. The maximum Gasteiger partial charge on any atom is 0.0500 e. The highest BCUT2D eigenvalue weighted by Crippen LogP contribution is 2.22.